The van der Waals surface area contributed by atoms with Gasteiger partial charge in [0.1, 0.15) is 5.82 Å². The van der Waals surface area contributed by atoms with Crippen molar-refractivity contribution in [1.29, 1.82) is 0 Å². The number of carbonyl (C=O) groups excluding carboxylic acids is 1. The Hall–Kier alpha value is -2.00. The van der Waals surface area contributed by atoms with Crippen molar-refractivity contribution in [2.75, 3.05) is 6.61 Å². The number of ether oxygens (including phenoxy) is 1. The van der Waals surface area contributed by atoms with Crippen LogP contribution in [0.5, 0.6) is 0 Å². The van der Waals surface area contributed by atoms with E-state index in [2.05, 4.69) is 4.79 Å². The SMILES string of the molecule is CCOC(=O)C(=[N+]=[N-])c1cc(F)ccc1C. The largest absolute Gasteiger partial charge is 0.457 e. The third-order valence-corrected chi connectivity index (χ3v) is 2.02. The average molecular weight is 222 g/mol. The van der Waals surface area contributed by atoms with Gasteiger partial charge >= 0.3 is 11.7 Å². The third kappa shape index (κ3) is 2.52. The van der Waals surface area contributed by atoms with Gasteiger partial charge in [0, 0.05) is 0 Å². The fourth-order valence-electron chi connectivity index (χ4n) is 1.25. The second-order valence-electron chi connectivity index (χ2n) is 3.13. The lowest BCUT2D eigenvalue weighted by molar-refractivity contribution is -0.139. The van der Waals surface area contributed by atoms with Crippen molar-refractivity contribution in [3.63, 3.8) is 0 Å². The van der Waals surface area contributed by atoms with E-state index in [1.807, 2.05) is 0 Å². The molecule has 0 amide bonds. The van der Waals surface area contributed by atoms with E-state index in [4.69, 9.17) is 10.3 Å². The molecule has 0 N–H and O–H groups in total. The lowest BCUT2D eigenvalue weighted by atomic mass is 10.0. The highest BCUT2D eigenvalue weighted by Gasteiger charge is 2.26. The smallest absolute Gasteiger partial charge is 0.422 e. The number of rotatable bonds is 3. The first kappa shape index (κ1) is 12.1. The molecule has 0 fully saturated rings. The Bertz CT molecular complexity index is 465. The molecule has 0 aliphatic rings. The Kier molecular flexibility index (Phi) is 3.91. The van der Waals surface area contributed by atoms with E-state index in [0.717, 1.165) is 6.07 Å². The van der Waals surface area contributed by atoms with E-state index >= 15 is 0 Å². The number of halogens is 1. The van der Waals surface area contributed by atoms with E-state index in [1.54, 1.807) is 13.8 Å². The summed E-state index contributed by atoms with van der Waals surface area (Å²) >= 11 is 0. The van der Waals surface area contributed by atoms with E-state index in [1.165, 1.54) is 12.1 Å². The van der Waals surface area contributed by atoms with E-state index in [-0.39, 0.29) is 17.9 Å². The second-order valence-corrected chi connectivity index (χ2v) is 3.13. The quantitative estimate of drug-likeness (QED) is 0.338. The molecule has 0 saturated carbocycles. The zero-order valence-corrected chi connectivity index (χ0v) is 9.03. The highest BCUT2D eigenvalue weighted by Crippen LogP contribution is 2.11. The minimum Gasteiger partial charge on any atom is -0.457 e. The van der Waals surface area contributed by atoms with Crippen LogP contribution >= 0.6 is 0 Å². The number of aryl methyl sites for hydroxylation is 1. The number of hydrogen-bond acceptors (Lipinski definition) is 2. The molecule has 0 aromatic heterocycles. The van der Waals surface area contributed by atoms with Crippen molar-refractivity contribution in [3.05, 3.63) is 40.7 Å². The van der Waals surface area contributed by atoms with Gasteiger partial charge in [-0.25, -0.2) is 9.18 Å². The van der Waals surface area contributed by atoms with Crippen molar-refractivity contribution in [2.45, 2.75) is 13.8 Å². The van der Waals surface area contributed by atoms with Gasteiger partial charge in [-0.3, -0.25) is 0 Å². The van der Waals surface area contributed by atoms with Crippen molar-refractivity contribution in [2.24, 2.45) is 0 Å². The summed E-state index contributed by atoms with van der Waals surface area (Å²) in [6.45, 7) is 3.47. The van der Waals surface area contributed by atoms with E-state index < -0.39 is 11.8 Å². The van der Waals surface area contributed by atoms with Crippen LogP contribution in [-0.2, 0) is 9.53 Å². The molecule has 0 aliphatic heterocycles. The molecule has 5 heteroatoms. The molecule has 1 rings (SSSR count). The molecule has 0 atom stereocenters. The van der Waals surface area contributed by atoms with Crippen molar-refractivity contribution in [1.82, 2.24) is 0 Å². The van der Waals surface area contributed by atoms with Crippen molar-refractivity contribution in [3.8, 4) is 0 Å². The first-order valence-electron chi connectivity index (χ1n) is 4.75. The topological polar surface area (TPSA) is 62.7 Å². The molecule has 0 aliphatic carbocycles. The molecular formula is C11H11FN2O2. The summed E-state index contributed by atoms with van der Waals surface area (Å²) in [5.41, 5.74) is 9.31. The predicted octanol–water partition coefficient (Wildman–Crippen LogP) is 1.72. The lowest BCUT2D eigenvalue weighted by Gasteiger charge is -2.01. The summed E-state index contributed by atoms with van der Waals surface area (Å²) in [7, 11) is 0. The fourth-order valence-corrected chi connectivity index (χ4v) is 1.25. The molecule has 0 radical (unpaired) electrons. The van der Waals surface area contributed by atoms with Crippen LogP contribution < -0.4 is 0 Å². The maximum Gasteiger partial charge on any atom is 0.422 e. The maximum absolute atomic E-state index is 13.0. The standard InChI is InChI=1S/C11H11FN2O2/c1-3-16-11(15)10(14-13)9-6-8(12)5-4-7(9)2/h4-6H,3H2,1-2H3. The summed E-state index contributed by atoms with van der Waals surface area (Å²) in [6, 6.07) is 3.88. The molecule has 0 spiro atoms. The van der Waals surface area contributed by atoms with Crippen LogP contribution in [0.15, 0.2) is 18.2 Å². The molecule has 1 aromatic carbocycles. The van der Waals surface area contributed by atoms with E-state index in [9.17, 15) is 9.18 Å². The number of carbonyl (C=O) groups is 1. The molecule has 84 valence electrons. The predicted molar refractivity (Wildman–Crippen MR) is 55.5 cm³/mol. The highest BCUT2D eigenvalue weighted by atomic mass is 19.1. The van der Waals surface area contributed by atoms with Gasteiger partial charge in [-0.1, -0.05) is 6.07 Å². The molecule has 0 saturated heterocycles. The van der Waals surface area contributed by atoms with Crippen LogP contribution in [0.2, 0.25) is 0 Å². The summed E-state index contributed by atoms with van der Waals surface area (Å²) in [5, 5.41) is 0. The van der Waals surface area contributed by atoms with Gasteiger partial charge in [-0.05, 0) is 31.5 Å². The van der Waals surface area contributed by atoms with Crippen LogP contribution in [0.25, 0.3) is 5.53 Å². The number of nitrogens with zero attached hydrogens (tertiary/aromatic N) is 2. The summed E-state index contributed by atoms with van der Waals surface area (Å²) < 4.78 is 17.7. The average Bonchev–Trinajstić information content (AvgIpc) is 2.24. The van der Waals surface area contributed by atoms with Crippen LogP contribution in [0.4, 0.5) is 4.39 Å². The minimum atomic E-state index is -0.779. The van der Waals surface area contributed by atoms with Gasteiger partial charge in [0.2, 0.25) is 0 Å². The molecule has 4 nitrogen and oxygen atoms in total. The Balaban J connectivity index is 3.20. The molecule has 16 heavy (non-hydrogen) atoms. The molecule has 0 heterocycles. The highest BCUT2D eigenvalue weighted by molar-refractivity contribution is 6.41. The maximum atomic E-state index is 13.0. The van der Waals surface area contributed by atoms with Gasteiger partial charge < -0.3 is 10.3 Å². The summed E-state index contributed by atoms with van der Waals surface area (Å²) in [6.07, 6.45) is 0. The Labute approximate surface area is 92.3 Å². The van der Waals surface area contributed by atoms with Crippen LogP contribution in [-0.4, -0.2) is 23.1 Å². The van der Waals surface area contributed by atoms with Crippen LogP contribution in [0, 0.1) is 12.7 Å². The number of esters is 1. The normalized spacial score (nSPS) is 9.44. The molecular weight excluding hydrogens is 211 g/mol. The minimum absolute atomic E-state index is 0.159. The Morgan fingerprint density at radius 1 is 1.56 bits per heavy atom. The second kappa shape index (κ2) is 5.19. The summed E-state index contributed by atoms with van der Waals surface area (Å²) in [5.74, 6) is -1.29. The first-order chi connectivity index (χ1) is 7.60. The van der Waals surface area contributed by atoms with Crippen molar-refractivity contribution >= 4 is 11.7 Å². The van der Waals surface area contributed by atoms with Crippen LogP contribution in [0.3, 0.4) is 0 Å². The number of hydrogen-bond donors (Lipinski definition) is 0. The Morgan fingerprint density at radius 3 is 2.81 bits per heavy atom. The fraction of sp³-hybridized carbons (Fsp3) is 0.273. The van der Waals surface area contributed by atoms with Gasteiger partial charge in [-0.15, -0.1) is 0 Å². The third-order valence-electron chi connectivity index (χ3n) is 2.02. The first-order valence-corrected chi connectivity index (χ1v) is 4.75. The monoisotopic (exact) mass is 222 g/mol. The molecule has 0 unspecified atom stereocenters. The zero-order chi connectivity index (χ0) is 12.1. The van der Waals surface area contributed by atoms with Gasteiger partial charge in [0.05, 0.1) is 12.2 Å². The van der Waals surface area contributed by atoms with Crippen LogP contribution in [0.1, 0.15) is 18.1 Å². The number of benzene rings is 1. The Morgan fingerprint density at radius 2 is 2.25 bits per heavy atom. The van der Waals surface area contributed by atoms with E-state index in [0.29, 0.717) is 5.56 Å². The van der Waals surface area contributed by atoms with Crippen molar-refractivity contribution < 1.29 is 18.7 Å². The zero-order valence-electron chi connectivity index (χ0n) is 9.03. The van der Waals surface area contributed by atoms with Gasteiger partial charge in [0.25, 0.3) is 0 Å². The molecule has 1 aromatic rings. The van der Waals surface area contributed by atoms with Gasteiger partial charge in [0.15, 0.2) is 0 Å². The summed E-state index contributed by atoms with van der Waals surface area (Å²) in [4.78, 5) is 14.3. The van der Waals surface area contributed by atoms with Gasteiger partial charge in [-0.2, -0.15) is 4.79 Å². The lowest BCUT2D eigenvalue weighted by Crippen LogP contribution is -2.21. The molecule has 0 bridgehead atoms.